The standard InChI is InChI=1S/C14H12NS2/c1-15-8-6-11(7-9-15)12-4-5-14(17-12)13-3-2-10-16-13/h2-10H,1H3/q+1. The first-order valence-corrected chi connectivity index (χ1v) is 7.12. The minimum absolute atomic E-state index is 1.29. The third-order valence-electron chi connectivity index (χ3n) is 2.63. The molecule has 0 amide bonds. The highest BCUT2D eigenvalue weighted by Crippen LogP contribution is 2.35. The number of thiophene rings is 2. The molecule has 0 aliphatic rings. The van der Waals surface area contributed by atoms with Gasteiger partial charge in [-0.05, 0) is 23.6 Å². The van der Waals surface area contributed by atoms with E-state index >= 15 is 0 Å². The molecule has 84 valence electrons. The lowest BCUT2D eigenvalue weighted by molar-refractivity contribution is -0.671. The first-order chi connectivity index (χ1) is 8.33. The fourth-order valence-corrected chi connectivity index (χ4v) is 3.56. The fraction of sp³-hybridized carbons (Fsp3) is 0.0714. The molecule has 3 aromatic rings. The molecule has 0 atom stereocenters. The Kier molecular flexibility index (Phi) is 2.79. The Morgan fingerprint density at radius 3 is 2.35 bits per heavy atom. The number of hydrogen-bond acceptors (Lipinski definition) is 2. The van der Waals surface area contributed by atoms with E-state index in [4.69, 9.17) is 0 Å². The Balaban J connectivity index is 1.98. The maximum atomic E-state index is 2.21. The molecule has 3 heteroatoms. The molecule has 0 unspecified atom stereocenters. The van der Waals surface area contributed by atoms with E-state index in [1.165, 1.54) is 20.2 Å². The second-order valence-electron chi connectivity index (χ2n) is 3.89. The van der Waals surface area contributed by atoms with Crippen molar-refractivity contribution in [1.29, 1.82) is 0 Å². The molecule has 0 N–H and O–H groups in total. The average molecular weight is 258 g/mol. The summed E-state index contributed by atoms with van der Waals surface area (Å²) < 4.78 is 2.05. The summed E-state index contributed by atoms with van der Waals surface area (Å²) in [7, 11) is 2.04. The Morgan fingerprint density at radius 2 is 1.65 bits per heavy atom. The Hall–Kier alpha value is -1.45. The van der Waals surface area contributed by atoms with Crippen LogP contribution in [0.15, 0.2) is 54.2 Å². The molecule has 0 radical (unpaired) electrons. The average Bonchev–Trinajstić information content (AvgIpc) is 3.00. The van der Waals surface area contributed by atoms with E-state index in [0.29, 0.717) is 0 Å². The smallest absolute Gasteiger partial charge is 0.169 e. The molecule has 0 aliphatic heterocycles. The van der Waals surface area contributed by atoms with Gasteiger partial charge in [-0.3, -0.25) is 0 Å². The van der Waals surface area contributed by atoms with Gasteiger partial charge in [0.15, 0.2) is 12.4 Å². The van der Waals surface area contributed by atoms with Crippen LogP contribution < -0.4 is 4.57 Å². The summed E-state index contributed by atoms with van der Waals surface area (Å²) in [5.41, 5.74) is 1.29. The van der Waals surface area contributed by atoms with Gasteiger partial charge in [0, 0.05) is 32.3 Å². The molecular formula is C14H12NS2+. The van der Waals surface area contributed by atoms with Crippen molar-refractivity contribution in [3.8, 4) is 20.2 Å². The molecular weight excluding hydrogens is 246 g/mol. The molecule has 3 heterocycles. The number of pyridine rings is 1. The van der Waals surface area contributed by atoms with Crippen LogP contribution in [0.2, 0.25) is 0 Å². The normalized spacial score (nSPS) is 10.6. The molecule has 0 aromatic carbocycles. The molecule has 1 nitrogen and oxygen atoms in total. The highest BCUT2D eigenvalue weighted by atomic mass is 32.1. The number of nitrogens with zero attached hydrogens (tertiary/aromatic N) is 1. The second kappa shape index (κ2) is 4.43. The van der Waals surface area contributed by atoms with Crippen molar-refractivity contribution in [3.05, 3.63) is 54.2 Å². The first-order valence-electron chi connectivity index (χ1n) is 5.42. The number of rotatable bonds is 2. The van der Waals surface area contributed by atoms with E-state index in [-0.39, 0.29) is 0 Å². The third kappa shape index (κ3) is 2.16. The zero-order valence-corrected chi connectivity index (χ0v) is 11.1. The van der Waals surface area contributed by atoms with Crippen LogP contribution in [0.4, 0.5) is 0 Å². The molecule has 3 aromatic heterocycles. The third-order valence-corrected chi connectivity index (χ3v) is 4.83. The van der Waals surface area contributed by atoms with E-state index in [2.05, 4.69) is 58.7 Å². The van der Waals surface area contributed by atoms with Crippen LogP contribution in [0.3, 0.4) is 0 Å². The van der Waals surface area contributed by atoms with Gasteiger partial charge in [0.05, 0.1) is 0 Å². The summed E-state index contributed by atoms with van der Waals surface area (Å²) in [6, 6.07) is 13.0. The monoisotopic (exact) mass is 258 g/mol. The van der Waals surface area contributed by atoms with E-state index in [1.54, 1.807) is 11.3 Å². The quantitative estimate of drug-likeness (QED) is 0.612. The minimum Gasteiger partial charge on any atom is -0.208 e. The molecule has 0 saturated heterocycles. The van der Waals surface area contributed by atoms with Gasteiger partial charge in [-0.25, -0.2) is 4.57 Å². The molecule has 17 heavy (non-hydrogen) atoms. The summed E-state index contributed by atoms with van der Waals surface area (Å²) in [6.45, 7) is 0. The van der Waals surface area contributed by atoms with Gasteiger partial charge in [0.1, 0.15) is 7.05 Å². The van der Waals surface area contributed by atoms with Gasteiger partial charge in [-0.1, -0.05) is 6.07 Å². The van der Waals surface area contributed by atoms with Crippen molar-refractivity contribution in [2.75, 3.05) is 0 Å². The Morgan fingerprint density at radius 1 is 0.882 bits per heavy atom. The summed E-state index contributed by atoms with van der Waals surface area (Å²) in [5, 5.41) is 2.12. The summed E-state index contributed by atoms with van der Waals surface area (Å²) >= 11 is 3.64. The van der Waals surface area contributed by atoms with Gasteiger partial charge < -0.3 is 0 Å². The van der Waals surface area contributed by atoms with E-state index in [0.717, 1.165) is 0 Å². The predicted molar refractivity (Wildman–Crippen MR) is 74.2 cm³/mol. The van der Waals surface area contributed by atoms with Crippen molar-refractivity contribution in [2.24, 2.45) is 7.05 Å². The maximum absolute atomic E-state index is 2.21. The largest absolute Gasteiger partial charge is 0.208 e. The van der Waals surface area contributed by atoms with Crippen molar-refractivity contribution in [1.82, 2.24) is 0 Å². The highest BCUT2D eigenvalue weighted by Gasteiger charge is 2.06. The summed E-state index contributed by atoms with van der Waals surface area (Å²) in [4.78, 5) is 4.03. The van der Waals surface area contributed by atoms with Crippen LogP contribution in [-0.2, 0) is 7.05 Å². The molecule has 0 spiro atoms. The van der Waals surface area contributed by atoms with Gasteiger partial charge in [-0.2, -0.15) is 0 Å². The molecule has 0 aliphatic carbocycles. The van der Waals surface area contributed by atoms with Gasteiger partial charge in [0.2, 0.25) is 0 Å². The Bertz CT molecular complexity index is 606. The Labute approximate surface area is 109 Å². The van der Waals surface area contributed by atoms with E-state index in [9.17, 15) is 0 Å². The number of aryl methyl sites for hydroxylation is 1. The predicted octanol–water partition coefficient (Wildman–Crippen LogP) is 3.97. The minimum atomic E-state index is 1.29. The molecule has 3 rings (SSSR count). The topological polar surface area (TPSA) is 3.88 Å². The number of aromatic nitrogens is 1. The first kappa shape index (κ1) is 10.7. The lowest BCUT2D eigenvalue weighted by Gasteiger charge is -1.94. The van der Waals surface area contributed by atoms with Gasteiger partial charge in [-0.15, -0.1) is 22.7 Å². The lowest BCUT2D eigenvalue weighted by Crippen LogP contribution is -2.25. The second-order valence-corrected chi connectivity index (χ2v) is 5.92. The molecule has 0 saturated carbocycles. The van der Waals surface area contributed by atoms with Crippen LogP contribution in [0.25, 0.3) is 20.2 Å². The van der Waals surface area contributed by atoms with Gasteiger partial charge in [0.25, 0.3) is 0 Å². The fourth-order valence-electron chi connectivity index (χ4n) is 1.71. The van der Waals surface area contributed by atoms with Crippen LogP contribution >= 0.6 is 22.7 Å². The van der Waals surface area contributed by atoms with Crippen molar-refractivity contribution < 1.29 is 4.57 Å². The van der Waals surface area contributed by atoms with E-state index < -0.39 is 0 Å². The zero-order valence-electron chi connectivity index (χ0n) is 9.46. The van der Waals surface area contributed by atoms with Gasteiger partial charge >= 0.3 is 0 Å². The highest BCUT2D eigenvalue weighted by molar-refractivity contribution is 7.23. The van der Waals surface area contributed by atoms with Crippen molar-refractivity contribution in [3.63, 3.8) is 0 Å². The van der Waals surface area contributed by atoms with Crippen molar-refractivity contribution >= 4 is 22.7 Å². The summed E-state index contributed by atoms with van der Waals surface area (Å²) in [6.07, 6.45) is 4.17. The van der Waals surface area contributed by atoms with Crippen LogP contribution in [0.5, 0.6) is 0 Å². The van der Waals surface area contributed by atoms with Crippen molar-refractivity contribution in [2.45, 2.75) is 0 Å². The molecule has 0 fully saturated rings. The molecule has 0 bridgehead atoms. The maximum Gasteiger partial charge on any atom is 0.169 e. The summed E-state index contributed by atoms with van der Waals surface area (Å²) in [5.74, 6) is 0. The van der Waals surface area contributed by atoms with E-state index in [1.807, 2.05) is 18.4 Å². The SMILES string of the molecule is C[n+]1ccc(-c2ccc(-c3cccs3)s2)cc1. The van der Waals surface area contributed by atoms with Crippen LogP contribution in [-0.4, -0.2) is 0 Å². The number of hydrogen-bond donors (Lipinski definition) is 0. The lowest BCUT2D eigenvalue weighted by atomic mass is 10.2. The zero-order chi connectivity index (χ0) is 11.7. The van der Waals surface area contributed by atoms with Crippen LogP contribution in [0, 0.1) is 0 Å². The van der Waals surface area contributed by atoms with Crippen LogP contribution in [0.1, 0.15) is 0 Å².